The van der Waals surface area contributed by atoms with Crippen molar-refractivity contribution >= 4 is 11.9 Å². The van der Waals surface area contributed by atoms with Gasteiger partial charge in [-0.15, -0.1) is 0 Å². The van der Waals surface area contributed by atoms with Crippen molar-refractivity contribution in [2.75, 3.05) is 7.11 Å². The van der Waals surface area contributed by atoms with Crippen molar-refractivity contribution in [1.82, 2.24) is 0 Å². The zero-order valence-electron chi connectivity index (χ0n) is 19.7. The second-order valence-corrected chi connectivity index (χ2v) is 9.04. The van der Waals surface area contributed by atoms with Gasteiger partial charge in [0.1, 0.15) is 11.9 Å². The monoisotopic (exact) mass is 452 g/mol. The molecule has 1 aromatic carbocycles. The molecule has 32 heavy (non-hydrogen) atoms. The summed E-state index contributed by atoms with van der Waals surface area (Å²) in [5, 5.41) is 19.3. The SMILES string of the molecule is CO[C@@H](CC[C@H](C)[C@@H](OC(=O)C[C@H]1OC(C)(C)O[C@@H]1C)[C@@H](C)C(=O)O)c1cccc(O)c1. The lowest BCUT2D eigenvalue weighted by atomic mass is 9.88. The summed E-state index contributed by atoms with van der Waals surface area (Å²) < 4.78 is 22.7. The quantitative estimate of drug-likeness (QED) is 0.484. The number of benzene rings is 1. The van der Waals surface area contributed by atoms with Crippen molar-refractivity contribution in [3.05, 3.63) is 29.8 Å². The van der Waals surface area contributed by atoms with Gasteiger partial charge >= 0.3 is 11.9 Å². The number of carboxylic acid groups (broad SMARTS) is 1. The number of carbonyl (C=O) groups excluding carboxylic acids is 1. The van der Waals surface area contributed by atoms with E-state index in [2.05, 4.69) is 0 Å². The van der Waals surface area contributed by atoms with Crippen LogP contribution in [0.4, 0.5) is 0 Å². The van der Waals surface area contributed by atoms with E-state index in [9.17, 15) is 19.8 Å². The molecule has 0 amide bonds. The van der Waals surface area contributed by atoms with E-state index in [0.29, 0.717) is 12.8 Å². The van der Waals surface area contributed by atoms with E-state index in [1.807, 2.05) is 19.9 Å². The van der Waals surface area contributed by atoms with Crippen LogP contribution in [0.25, 0.3) is 0 Å². The highest BCUT2D eigenvalue weighted by Gasteiger charge is 2.41. The summed E-state index contributed by atoms with van der Waals surface area (Å²) in [6, 6.07) is 6.84. The van der Waals surface area contributed by atoms with Gasteiger partial charge in [-0.25, -0.2) is 0 Å². The van der Waals surface area contributed by atoms with Crippen LogP contribution in [0.5, 0.6) is 5.75 Å². The largest absolute Gasteiger partial charge is 0.508 e. The molecule has 2 rings (SSSR count). The van der Waals surface area contributed by atoms with Crippen molar-refractivity contribution in [1.29, 1.82) is 0 Å². The van der Waals surface area contributed by atoms with Crippen molar-refractivity contribution < 1.29 is 38.7 Å². The fraction of sp³-hybridized carbons (Fsp3) is 0.667. The third-order valence-corrected chi connectivity index (χ3v) is 5.92. The summed E-state index contributed by atoms with van der Waals surface area (Å²) in [4.78, 5) is 24.3. The second-order valence-electron chi connectivity index (χ2n) is 9.04. The van der Waals surface area contributed by atoms with Crippen LogP contribution in [0.3, 0.4) is 0 Å². The van der Waals surface area contributed by atoms with E-state index in [-0.39, 0.29) is 30.3 Å². The molecule has 1 heterocycles. The molecule has 0 saturated carbocycles. The Hall–Kier alpha value is -2.16. The third kappa shape index (κ3) is 7.18. The molecule has 8 heteroatoms. The molecule has 0 spiro atoms. The Morgan fingerprint density at radius 2 is 1.88 bits per heavy atom. The number of hydrogen-bond donors (Lipinski definition) is 2. The van der Waals surface area contributed by atoms with Gasteiger partial charge in [-0.1, -0.05) is 19.1 Å². The molecule has 1 aromatic rings. The van der Waals surface area contributed by atoms with E-state index in [1.165, 1.54) is 0 Å². The Balaban J connectivity index is 2.02. The third-order valence-electron chi connectivity index (χ3n) is 5.92. The minimum Gasteiger partial charge on any atom is -0.508 e. The van der Waals surface area contributed by atoms with Crippen molar-refractivity contribution in [3.63, 3.8) is 0 Å². The predicted octanol–water partition coefficient (Wildman–Crippen LogP) is 4.06. The molecule has 1 aliphatic heterocycles. The number of ether oxygens (including phenoxy) is 4. The molecule has 8 nitrogen and oxygen atoms in total. The summed E-state index contributed by atoms with van der Waals surface area (Å²) in [6.07, 6.45) is -0.653. The molecule has 0 aliphatic carbocycles. The van der Waals surface area contributed by atoms with Crippen LogP contribution in [0.1, 0.15) is 65.5 Å². The van der Waals surface area contributed by atoms with Gasteiger partial charge in [-0.3, -0.25) is 9.59 Å². The smallest absolute Gasteiger partial charge is 0.309 e. The number of aromatic hydroxyl groups is 1. The van der Waals surface area contributed by atoms with Gasteiger partial charge in [0.15, 0.2) is 5.79 Å². The van der Waals surface area contributed by atoms with Crippen LogP contribution in [0.15, 0.2) is 24.3 Å². The number of carbonyl (C=O) groups is 2. The highest BCUT2D eigenvalue weighted by atomic mass is 16.8. The molecule has 1 saturated heterocycles. The zero-order valence-corrected chi connectivity index (χ0v) is 19.7. The molecule has 2 N–H and O–H groups in total. The zero-order chi connectivity index (χ0) is 24.1. The maximum absolute atomic E-state index is 12.6. The number of methoxy groups -OCH3 is 1. The molecular weight excluding hydrogens is 416 g/mol. The molecule has 0 bridgehead atoms. The predicted molar refractivity (Wildman–Crippen MR) is 117 cm³/mol. The van der Waals surface area contributed by atoms with Crippen LogP contribution < -0.4 is 0 Å². The number of carboxylic acids is 1. The summed E-state index contributed by atoms with van der Waals surface area (Å²) in [7, 11) is 1.59. The molecule has 1 aliphatic rings. The number of aliphatic carboxylic acids is 1. The van der Waals surface area contributed by atoms with Crippen LogP contribution >= 0.6 is 0 Å². The second kappa shape index (κ2) is 11.1. The van der Waals surface area contributed by atoms with Gasteiger partial charge in [0, 0.05) is 7.11 Å². The molecule has 0 unspecified atom stereocenters. The maximum Gasteiger partial charge on any atom is 0.309 e. The van der Waals surface area contributed by atoms with E-state index in [0.717, 1.165) is 5.56 Å². The Morgan fingerprint density at radius 3 is 2.41 bits per heavy atom. The minimum atomic E-state index is -1.03. The molecule has 180 valence electrons. The number of phenols is 1. The normalized spacial score (nSPS) is 23.8. The average molecular weight is 453 g/mol. The lowest BCUT2D eigenvalue weighted by molar-refractivity contribution is -0.166. The van der Waals surface area contributed by atoms with Gasteiger partial charge in [0.2, 0.25) is 0 Å². The lowest BCUT2D eigenvalue weighted by Gasteiger charge is -2.29. The van der Waals surface area contributed by atoms with Crippen LogP contribution in [0.2, 0.25) is 0 Å². The van der Waals surface area contributed by atoms with E-state index >= 15 is 0 Å². The van der Waals surface area contributed by atoms with Gasteiger partial charge < -0.3 is 29.2 Å². The lowest BCUT2D eigenvalue weighted by Crippen LogP contribution is -2.37. The summed E-state index contributed by atoms with van der Waals surface area (Å²) in [5.41, 5.74) is 0.828. The summed E-state index contributed by atoms with van der Waals surface area (Å²) in [6.45, 7) is 8.81. The van der Waals surface area contributed by atoms with Gasteiger partial charge in [0.25, 0.3) is 0 Å². The Labute approximate surface area is 189 Å². The number of phenolic OH excluding ortho intramolecular Hbond substituents is 1. The molecule has 6 atom stereocenters. The van der Waals surface area contributed by atoms with Crippen molar-refractivity contribution in [2.45, 2.75) is 84.1 Å². The first kappa shape index (κ1) is 26.1. The van der Waals surface area contributed by atoms with Crippen LogP contribution in [-0.4, -0.2) is 53.4 Å². The highest BCUT2D eigenvalue weighted by molar-refractivity contribution is 5.73. The van der Waals surface area contributed by atoms with Crippen LogP contribution in [-0.2, 0) is 28.5 Å². The minimum absolute atomic E-state index is 0.00978. The van der Waals surface area contributed by atoms with Gasteiger partial charge in [-0.05, 0) is 64.2 Å². The first-order chi connectivity index (χ1) is 14.9. The Bertz CT molecular complexity index is 777. The molecule has 0 aromatic heterocycles. The Morgan fingerprint density at radius 1 is 1.19 bits per heavy atom. The van der Waals surface area contributed by atoms with Crippen LogP contribution in [0, 0.1) is 11.8 Å². The number of hydrogen-bond acceptors (Lipinski definition) is 7. The number of rotatable bonds is 11. The standard InChI is InChI=1S/C24H36O8/c1-14(10-11-19(29-6)17-8-7-9-18(25)12-17)22(15(2)23(27)28)30-21(26)13-20-16(3)31-24(4,5)32-20/h7-9,12,14-16,19-20,22,25H,10-11,13H2,1-6H3,(H,27,28)/t14-,15+,16+,19-,20+,22+/m0/s1. The fourth-order valence-electron chi connectivity index (χ4n) is 4.16. The summed E-state index contributed by atoms with van der Waals surface area (Å²) >= 11 is 0. The van der Waals surface area contributed by atoms with E-state index in [1.54, 1.807) is 46.1 Å². The maximum atomic E-state index is 12.6. The molecular formula is C24H36O8. The first-order valence-electron chi connectivity index (χ1n) is 11.0. The first-order valence-corrected chi connectivity index (χ1v) is 11.0. The van der Waals surface area contributed by atoms with Gasteiger partial charge in [0.05, 0.1) is 30.7 Å². The van der Waals surface area contributed by atoms with Crippen molar-refractivity contribution in [3.8, 4) is 5.75 Å². The molecule has 0 radical (unpaired) electrons. The Kier molecular flexibility index (Phi) is 9.07. The van der Waals surface area contributed by atoms with E-state index in [4.69, 9.17) is 18.9 Å². The highest BCUT2D eigenvalue weighted by Crippen LogP contribution is 2.32. The summed E-state index contributed by atoms with van der Waals surface area (Å²) in [5.74, 6) is -3.25. The van der Waals surface area contributed by atoms with E-state index < -0.39 is 35.9 Å². The fourth-order valence-corrected chi connectivity index (χ4v) is 4.16. The average Bonchev–Trinajstić information content (AvgIpc) is 2.96. The number of esters is 1. The van der Waals surface area contributed by atoms with Crippen molar-refractivity contribution in [2.24, 2.45) is 11.8 Å². The van der Waals surface area contributed by atoms with Gasteiger partial charge in [-0.2, -0.15) is 0 Å². The molecule has 1 fully saturated rings. The topological polar surface area (TPSA) is 112 Å².